The van der Waals surface area contributed by atoms with E-state index in [4.69, 9.17) is 37.7 Å². The molecule has 1 aromatic heterocycles. The molecule has 35 heavy (non-hydrogen) atoms. The summed E-state index contributed by atoms with van der Waals surface area (Å²) in [5.41, 5.74) is 3.35. The fourth-order valence-corrected chi connectivity index (χ4v) is 6.12. The number of fused-ring (bicyclic) bond motifs is 2. The van der Waals surface area contributed by atoms with Crippen LogP contribution in [0.2, 0.25) is 10.0 Å². The van der Waals surface area contributed by atoms with Crippen molar-refractivity contribution in [1.29, 1.82) is 0 Å². The van der Waals surface area contributed by atoms with Gasteiger partial charge < -0.3 is 14.8 Å². The number of amides is 1. The normalized spacial score (nSPS) is 17.0. The van der Waals surface area contributed by atoms with Crippen molar-refractivity contribution in [3.63, 3.8) is 0 Å². The number of nitrogens with zero attached hydrogens (tertiary/aromatic N) is 1. The minimum atomic E-state index is -0.164. The number of ether oxygens (including phenoxy) is 2. The van der Waals surface area contributed by atoms with Crippen LogP contribution in [0.1, 0.15) is 53.6 Å². The molecule has 3 aromatic rings. The molecule has 0 saturated carbocycles. The summed E-state index contributed by atoms with van der Waals surface area (Å²) in [6.07, 6.45) is 4.55. The topological polar surface area (TPSA) is 59.9 Å². The standard InChI is InChI=1S/C27H26Cl2N2O3S/c1-27(2,3)16-4-9-19-23(11-16)35-26(24(19)25(32)31-18-7-5-17(28)6-8-18)30-13-15-10-21-22(12-20(15)29)34-14-33-21/h5-8,10,12-13,16H,4,9,11,14H2,1-3H3,(H,31,32)/t16-/m0/s1. The second-order valence-electron chi connectivity index (χ2n) is 9.94. The highest BCUT2D eigenvalue weighted by molar-refractivity contribution is 7.16. The molecule has 0 saturated heterocycles. The fraction of sp³-hybridized carbons (Fsp3) is 0.333. The van der Waals surface area contributed by atoms with Crippen molar-refractivity contribution in [1.82, 2.24) is 0 Å². The van der Waals surface area contributed by atoms with Crippen molar-refractivity contribution < 1.29 is 14.3 Å². The summed E-state index contributed by atoms with van der Waals surface area (Å²) in [6, 6.07) is 10.6. The number of carbonyl (C=O) groups excluding carboxylic acids is 1. The lowest BCUT2D eigenvalue weighted by atomic mass is 9.72. The Hall–Kier alpha value is -2.54. The summed E-state index contributed by atoms with van der Waals surface area (Å²) < 4.78 is 10.9. The molecule has 1 atom stereocenters. The second-order valence-corrected chi connectivity index (χ2v) is 11.9. The quantitative estimate of drug-likeness (QED) is 0.349. The molecular weight excluding hydrogens is 503 g/mol. The fourth-order valence-electron chi connectivity index (χ4n) is 4.52. The van der Waals surface area contributed by atoms with E-state index < -0.39 is 0 Å². The van der Waals surface area contributed by atoms with Crippen LogP contribution in [0.15, 0.2) is 41.4 Å². The van der Waals surface area contributed by atoms with E-state index in [0.29, 0.717) is 49.3 Å². The highest BCUT2D eigenvalue weighted by atomic mass is 35.5. The van der Waals surface area contributed by atoms with Gasteiger partial charge in [0, 0.05) is 33.4 Å². The number of hydrogen-bond acceptors (Lipinski definition) is 5. The minimum absolute atomic E-state index is 0.164. The monoisotopic (exact) mass is 528 g/mol. The molecule has 1 N–H and O–H groups in total. The average molecular weight is 529 g/mol. The molecule has 8 heteroatoms. The van der Waals surface area contributed by atoms with E-state index in [0.717, 1.165) is 24.8 Å². The summed E-state index contributed by atoms with van der Waals surface area (Å²) in [6.45, 7) is 7.02. The maximum atomic E-state index is 13.5. The van der Waals surface area contributed by atoms with Gasteiger partial charge in [-0.05, 0) is 66.5 Å². The number of thiophene rings is 1. The number of aliphatic imine (C=N–C) groups is 1. The third-order valence-electron chi connectivity index (χ3n) is 6.61. The van der Waals surface area contributed by atoms with Crippen LogP contribution >= 0.6 is 34.5 Å². The Morgan fingerprint density at radius 2 is 1.86 bits per heavy atom. The van der Waals surface area contributed by atoms with Gasteiger partial charge in [0.05, 0.1) is 10.6 Å². The third kappa shape index (κ3) is 5.06. The molecule has 2 heterocycles. The first kappa shape index (κ1) is 24.2. The largest absolute Gasteiger partial charge is 0.454 e. The van der Waals surface area contributed by atoms with E-state index in [1.54, 1.807) is 47.9 Å². The molecule has 0 spiro atoms. The highest BCUT2D eigenvalue weighted by Crippen LogP contribution is 2.45. The first-order valence-corrected chi connectivity index (χ1v) is 13.1. The first-order valence-electron chi connectivity index (χ1n) is 11.5. The number of benzene rings is 2. The van der Waals surface area contributed by atoms with Crippen LogP contribution in [0, 0.1) is 11.3 Å². The Morgan fingerprint density at radius 1 is 1.14 bits per heavy atom. The van der Waals surface area contributed by atoms with Gasteiger partial charge in [-0.15, -0.1) is 11.3 Å². The van der Waals surface area contributed by atoms with Gasteiger partial charge in [-0.2, -0.15) is 0 Å². The smallest absolute Gasteiger partial charge is 0.259 e. The van der Waals surface area contributed by atoms with Crippen LogP contribution in [0.25, 0.3) is 0 Å². The van der Waals surface area contributed by atoms with Crippen molar-refractivity contribution in [3.05, 3.63) is 68.0 Å². The number of hydrogen-bond donors (Lipinski definition) is 1. The summed E-state index contributed by atoms with van der Waals surface area (Å²) >= 11 is 14.1. The number of nitrogens with one attached hydrogen (secondary N) is 1. The van der Waals surface area contributed by atoms with Crippen LogP contribution in [0.4, 0.5) is 10.7 Å². The molecule has 2 aromatic carbocycles. The van der Waals surface area contributed by atoms with Crippen LogP contribution in [0.3, 0.4) is 0 Å². The molecule has 0 bridgehead atoms. The van der Waals surface area contributed by atoms with Gasteiger partial charge in [-0.25, -0.2) is 4.99 Å². The maximum Gasteiger partial charge on any atom is 0.259 e. The molecule has 1 aliphatic carbocycles. The van der Waals surface area contributed by atoms with Crippen LogP contribution in [-0.4, -0.2) is 18.9 Å². The summed E-state index contributed by atoms with van der Waals surface area (Å²) in [5.74, 6) is 1.65. The molecule has 0 unspecified atom stereocenters. The van der Waals surface area contributed by atoms with E-state index in [1.807, 2.05) is 6.07 Å². The van der Waals surface area contributed by atoms with E-state index >= 15 is 0 Å². The zero-order valence-corrected chi connectivity index (χ0v) is 22.1. The molecule has 5 nitrogen and oxygen atoms in total. The van der Waals surface area contributed by atoms with Gasteiger partial charge in [0.25, 0.3) is 5.91 Å². The Kier molecular flexibility index (Phi) is 6.55. The molecule has 5 rings (SSSR count). The zero-order valence-electron chi connectivity index (χ0n) is 19.8. The SMILES string of the molecule is CC(C)(C)[C@H]1CCc2c(sc(N=Cc3cc4c(cc3Cl)OCO4)c2C(=O)Nc2ccc(Cl)cc2)C1. The Morgan fingerprint density at radius 3 is 2.57 bits per heavy atom. The van der Waals surface area contributed by atoms with Crippen molar-refractivity contribution in [3.8, 4) is 11.5 Å². The van der Waals surface area contributed by atoms with Crippen molar-refractivity contribution in [2.45, 2.75) is 40.0 Å². The van der Waals surface area contributed by atoms with Crippen molar-refractivity contribution in [2.24, 2.45) is 16.3 Å². The number of halogens is 2. The minimum Gasteiger partial charge on any atom is -0.454 e. The Balaban J connectivity index is 1.51. The lowest BCUT2D eigenvalue weighted by Crippen LogP contribution is -2.27. The maximum absolute atomic E-state index is 13.5. The van der Waals surface area contributed by atoms with E-state index in [2.05, 4.69) is 26.1 Å². The average Bonchev–Trinajstić information content (AvgIpc) is 3.41. The van der Waals surface area contributed by atoms with Gasteiger partial charge in [-0.1, -0.05) is 44.0 Å². The van der Waals surface area contributed by atoms with Gasteiger partial charge in [0.1, 0.15) is 5.00 Å². The lowest BCUT2D eigenvalue weighted by molar-refractivity contribution is 0.102. The Bertz CT molecular complexity index is 1310. The van der Waals surface area contributed by atoms with E-state index in [-0.39, 0.29) is 18.1 Å². The van der Waals surface area contributed by atoms with Crippen LogP contribution in [-0.2, 0) is 12.8 Å². The van der Waals surface area contributed by atoms with Crippen molar-refractivity contribution >= 4 is 57.3 Å². The lowest BCUT2D eigenvalue weighted by Gasteiger charge is -2.33. The van der Waals surface area contributed by atoms with E-state index in [1.165, 1.54) is 4.88 Å². The zero-order chi connectivity index (χ0) is 24.7. The molecule has 0 radical (unpaired) electrons. The second kappa shape index (κ2) is 9.49. The molecular formula is C27H26Cl2N2O3S. The number of carbonyl (C=O) groups is 1. The van der Waals surface area contributed by atoms with Gasteiger partial charge >= 0.3 is 0 Å². The van der Waals surface area contributed by atoms with E-state index in [9.17, 15) is 4.79 Å². The van der Waals surface area contributed by atoms with Crippen molar-refractivity contribution in [2.75, 3.05) is 12.1 Å². The number of anilines is 1. The first-order chi connectivity index (χ1) is 16.7. The van der Waals surface area contributed by atoms with Gasteiger partial charge in [0.2, 0.25) is 6.79 Å². The van der Waals surface area contributed by atoms with Crippen LogP contribution in [0.5, 0.6) is 11.5 Å². The van der Waals surface area contributed by atoms with Gasteiger partial charge in [0.15, 0.2) is 11.5 Å². The summed E-state index contributed by atoms with van der Waals surface area (Å²) in [4.78, 5) is 19.5. The number of rotatable bonds is 4. The Labute approximate surface area is 219 Å². The molecule has 1 aliphatic heterocycles. The molecule has 2 aliphatic rings. The predicted molar refractivity (Wildman–Crippen MR) is 144 cm³/mol. The molecule has 0 fully saturated rings. The van der Waals surface area contributed by atoms with Gasteiger partial charge in [-0.3, -0.25) is 4.79 Å². The van der Waals surface area contributed by atoms with Crippen LogP contribution < -0.4 is 14.8 Å². The highest BCUT2D eigenvalue weighted by Gasteiger charge is 2.33. The molecule has 1 amide bonds. The third-order valence-corrected chi connectivity index (χ3v) is 8.36. The summed E-state index contributed by atoms with van der Waals surface area (Å²) in [5, 5.41) is 4.84. The predicted octanol–water partition coefficient (Wildman–Crippen LogP) is 7.94. The summed E-state index contributed by atoms with van der Waals surface area (Å²) in [7, 11) is 0. The molecule has 182 valence electrons.